The predicted octanol–water partition coefficient (Wildman–Crippen LogP) is 5.63. The van der Waals surface area contributed by atoms with Gasteiger partial charge in [-0.05, 0) is 43.5 Å². The molecule has 4 rings (SSSR count). The number of nitrogens with two attached hydrogens (primary N) is 1. The Hall–Kier alpha value is -2.44. The minimum absolute atomic E-state index is 0.111. The maximum atomic E-state index is 7.67. The summed E-state index contributed by atoms with van der Waals surface area (Å²) < 4.78 is 3.48. The van der Waals surface area contributed by atoms with Crippen molar-refractivity contribution in [3.63, 3.8) is 0 Å². The van der Waals surface area contributed by atoms with E-state index in [2.05, 4.69) is 59.3 Å². The van der Waals surface area contributed by atoms with Crippen LogP contribution >= 0.6 is 23.1 Å². The summed E-state index contributed by atoms with van der Waals surface area (Å²) in [6.45, 7) is 3.12. The van der Waals surface area contributed by atoms with Gasteiger partial charge in [0.1, 0.15) is 5.84 Å². The number of rotatable bonds is 5. The van der Waals surface area contributed by atoms with Crippen LogP contribution in [-0.2, 0) is 6.54 Å². The molecule has 0 radical (unpaired) electrons. The lowest BCUT2D eigenvalue weighted by atomic mass is 10.1. The number of nitrogens with one attached hydrogen (secondary N) is 2. The molecule has 0 fully saturated rings. The van der Waals surface area contributed by atoms with E-state index >= 15 is 0 Å². The number of fused-ring (bicyclic) bond motifs is 3. The van der Waals surface area contributed by atoms with Gasteiger partial charge in [0, 0.05) is 34.0 Å². The van der Waals surface area contributed by atoms with Crippen molar-refractivity contribution < 1.29 is 0 Å². The summed E-state index contributed by atoms with van der Waals surface area (Å²) in [4.78, 5) is 0.792. The Kier molecular flexibility index (Phi) is 4.38. The lowest BCUT2D eigenvalue weighted by Gasteiger charge is -2.07. The van der Waals surface area contributed by atoms with Gasteiger partial charge in [-0.1, -0.05) is 18.2 Å². The second-order valence-electron chi connectivity index (χ2n) is 6.05. The molecule has 2 heterocycles. The summed E-state index contributed by atoms with van der Waals surface area (Å²) in [5, 5.41) is 13.7. The van der Waals surface area contributed by atoms with E-state index in [4.69, 9.17) is 11.1 Å². The van der Waals surface area contributed by atoms with E-state index in [1.807, 2.05) is 12.3 Å². The van der Waals surface area contributed by atoms with E-state index in [0.29, 0.717) is 0 Å². The molecule has 0 aliphatic rings. The highest BCUT2D eigenvalue weighted by atomic mass is 32.2. The molecule has 2 aromatic carbocycles. The molecular weight excluding hydrogens is 360 g/mol. The number of benzene rings is 2. The van der Waals surface area contributed by atoms with E-state index in [0.717, 1.165) is 27.0 Å². The zero-order valence-electron chi connectivity index (χ0n) is 14.7. The van der Waals surface area contributed by atoms with E-state index in [1.54, 1.807) is 23.1 Å². The molecule has 4 nitrogen and oxygen atoms in total. The number of nitrogens with zero attached hydrogens (tertiary/aromatic N) is 1. The molecule has 0 saturated heterocycles. The van der Waals surface area contributed by atoms with Crippen molar-refractivity contribution in [3.05, 3.63) is 53.4 Å². The Morgan fingerprint density at radius 2 is 1.92 bits per heavy atom. The number of hydrogen-bond acceptors (Lipinski definition) is 4. The highest BCUT2D eigenvalue weighted by Gasteiger charge is 2.13. The number of aromatic nitrogens is 1. The number of amidine groups is 1. The Morgan fingerprint density at radius 3 is 2.65 bits per heavy atom. The van der Waals surface area contributed by atoms with Crippen molar-refractivity contribution in [2.24, 2.45) is 5.73 Å². The van der Waals surface area contributed by atoms with Crippen LogP contribution in [0.5, 0.6) is 0 Å². The minimum atomic E-state index is 0.111. The Labute approximate surface area is 160 Å². The molecule has 0 unspecified atom stereocenters. The summed E-state index contributed by atoms with van der Waals surface area (Å²) in [6.07, 6.45) is 2.04. The summed E-state index contributed by atoms with van der Waals surface area (Å²) >= 11 is 3.21. The molecule has 0 spiro atoms. The fourth-order valence-corrected chi connectivity index (χ4v) is 5.01. The van der Waals surface area contributed by atoms with Crippen molar-refractivity contribution in [1.29, 1.82) is 5.41 Å². The van der Waals surface area contributed by atoms with Crippen molar-refractivity contribution in [3.8, 4) is 0 Å². The van der Waals surface area contributed by atoms with E-state index in [1.165, 1.54) is 21.8 Å². The molecule has 26 heavy (non-hydrogen) atoms. The van der Waals surface area contributed by atoms with Gasteiger partial charge in [-0.25, -0.2) is 0 Å². The van der Waals surface area contributed by atoms with Gasteiger partial charge in [-0.2, -0.15) is 0 Å². The van der Waals surface area contributed by atoms with Gasteiger partial charge in [-0.15, -0.1) is 23.1 Å². The van der Waals surface area contributed by atoms with Gasteiger partial charge < -0.3 is 15.6 Å². The summed E-state index contributed by atoms with van der Waals surface area (Å²) in [5.41, 5.74) is 10.2. The lowest BCUT2D eigenvalue weighted by molar-refractivity contribution is 0.827. The zero-order valence-corrected chi connectivity index (χ0v) is 16.3. The monoisotopic (exact) mass is 380 g/mol. The third kappa shape index (κ3) is 2.75. The maximum absolute atomic E-state index is 7.67. The summed E-state index contributed by atoms with van der Waals surface area (Å²) in [6, 6.07) is 17.0. The normalized spacial score (nSPS) is 11.3. The van der Waals surface area contributed by atoms with Crippen molar-refractivity contribution in [1.82, 2.24) is 4.57 Å². The van der Waals surface area contributed by atoms with Gasteiger partial charge in [0.15, 0.2) is 0 Å². The van der Waals surface area contributed by atoms with E-state index < -0.39 is 0 Å². The topological polar surface area (TPSA) is 66.8 Å². The number of para-hydroxylation sites is 1. The highest BCUT2D eigenvalue weighted by Crippen LogP contribution is 2.38. The minimum Gasteiger partial charge on any atom is -0.383 e. The van der Waals surface area contributed by atoms with Crippen LogP contribution in [0.1, 0.15) is 11.8 Å². The fraction of sp³-hybridized carbons (Fsp3) is 0.150. The van der Waals surface area contributed by atoms with Gasteiger partial charge in [-0.3, -0.25) is 5.41 Å². The third-order valence-electron chi connectivity index (χ3n) is 4.52. The van der Waals surface area contributed by atoms with Crippen LogP contribution < -0.4 is 11.1 Å². The molecule has 0 bridgehead atoms. The zero-order chi connectivity index (χ0) is 18.3. The van der Waals surface area contributed by atoms with Gasteiger partial charge in [0.2, 0.25) is 0 Å². The second kappa shape index (κ2) is 6.70. The van der Waals surface area contributed by atoms with Gasteiger partial charge in [0.25, 0.3) is 0 Å². The number of anilines is 2. The average Bonchev–Trinajstić information content (AvgIpc) is 3.20. The maximum Gasteiger partial charge on any atom is 0.133 e. The highest BCUT2D eigenvalue weighted by molar-refractivity contribution is 8.00. The summed E-state index contributed by atoms with van der Waals surface area (Å²) in [5.74, 6) is 0.111. The van der Waals surface area contributed by atoms with E-state index in [9.17, 15) is 0 Å². The van der Waals surface area contributed by atoms with Crippen LogP contribution in [0.2, 0.25) is 0 Å². The number of nitrogen functional groups attached to an aromatic ring is 1. The van der Waals surface area contributed by atoms with E-state index in [-0.39, 0.29) is 5.84 Å². The first-order valence-electron chi connectivity index (χ1n) is 8.42. The van der Waals surface area contributed by atoms with Crippen molar-refractivity contribution in [2.75, 3.05) is 11.6 Å². The molecule has 0 amide bonds. The summed E-state index contributed by atoms with van der Waals surface area (Å²) in [7, 11) is 0. The molecular formula is C20H20N4S2. The van der Waals surface area contributed by atoms with Crippen LogP contribution in [0.25, 0.3) is 21.8 Å². The first-order chi connectivity index (χ1) is 12.6. The number of aryl methyl sites for hydroxylation is 1. The Balaban J connectivity index is 1.81. The number of hydrogen-bond donors (Lipinski definition) is 3. The average molecular weight is 381 g/mol. The predicted molar refractivity (Wildman–Crippen MR) is 116 cm³/mol. The Bertz CT molecular complexity index is 1120. The first kappa shape index (κ1) is 17.0. The first-order valence-corrected chi connectivity index (χ1v) is 10.5. The molecule has 4 aromatic rings. The van der Waals surface area contributed by atoms with Crippen LogP contribution in [0.3, 0.4) is 0 Å². The number of thioether (sulfide) groups is 1. The van der Waals surface area contributed by atoms with Crippen molar-refractivity contribution in [2.45, 2.75) is 17.7 Å². The smallest absolute Gasteiger partial charge is 0.133 e. The number of thiophene rings is 1. The van der Waals surface area contributed by atoms with Crippen LogP contribution in [0.4, 0.5) is 11.4 Å². The fourth-order valence-electron chi connectivity index (χ4n) is 3.37. The van der Waals surface area contributed by atoms with Crippen LogP contribution in [0.15, 0.2) is 52.7 Å². The second-order valence-corrected chi connectivity index (χ2v) is 8.18. The Morgan fingerprint density at radius 1 is 1.15 bits per heavy atom. The molecule has 0 aliphatic heterocycles. The molecule has 4 N–H and O–H groups in total. The van der Waals surface area contributed by atoms with Crippen molar-refractivity contribution >= 4 is 62.1 Å². The molecule has 0 saturated carbocycles. The van der Waals surface area contributed by atoms with Crippen LogP contribution in [0, 0.1) is 5.41 Å². The standard InChI is InChI=1S/C20H20N4S2/c1-3-24-16-7-5-4-6-13(16)14-10-12(8-9-17(14)24)23-15-11-18(19(21)22)26-20(15)25-2/h4-11,23H,3H2,1-2H3,(H3,21,22). The third-order valence-corrected chi connectivity index (χ3v) is 6.82. The molecule has 0 aliphatic carbocycles. The van der Waals surface area contributed by atoms with Gasteiger partial charge >= 0.3 is 0 Å². The quantitative estimate of drug-likeness (QED) is 0.239. The molecule has 0 atom stereocenters. The molecule has 2 aromatic heterocycles. The SMILES string of the molecule is CCn1c2ccccc2c2cc(Nc3cc(C(=N)N)sc3SC)ccc21. The largest absolute Gasteiger partial charge is 0.383 e. The molecule has 6 heteroatoms. The van der Waals surface area contributed by atoms with Gasteiger partial charge in [0.05, 0.1) is 14.8 Å². The van der Waals surface area contributed by atoms with Crippen LogP contribution in [-0.4, -0.2) is 16.7 Å². The molecule has 132 valence electrons. The lowest BCUT2D eigenvalue weighted by Crippen LogP contribution is -2.08.